The normalized spacial score (nSPS) is 17.6. The van der Waals surface area contributed by atoms with Gasteiger partial charge < -0.3 is 19.3 Å². The minimum Gasteiger partial charge on any atom is -0.478 e. The molecule has 1 unspecified atom stereocenters. The maximum absolute atomic E-state index is 13.4. The van der Waals surface area contributed by atoms with E-state index in [1.165, 1.54) is 17.2 Å². The van der Waals surface area contributed by atoms with Crippen molar-refractivity contribution in [3.63, 3.8) is 0 Å². The topological polar surface area (TPSA) is 86.2 Å². The second kappa shape index (κ2) is 11.5. The van der Waals surface area contributed by atoms with Crippen molar-refractivity contribution in [2.24, 2.45) is 0 Å². The van der Waals surface area contributed by atoms with Crippen LogP contribution in [0.5, 0.6) is 0 Å². The molecule has 38 heavy (non-hydrogen) atoms. The van der Waals surface area contributed by atoms with Gasteiger partial charge in [-0.15, -0.1) is 0 Å². The zero-order chi connectivity index (χ0) is 27.7. The standard InChI is InChI=1S/C28H39BrN4O4Si/c1-28(2,3)38(4,5)37-23(17-31-11-10-20-8-6-7-9-21(20)16-31)18-32-12-13-33(27(32)36)19-25-24(26(34)35)14-22(29)15-30-25/h6-9,14-15,23H,10-13,16-19H2,1-5H3,(H,34,35). The molecular weight excluding hydrogens is 564 g/mol. The fourth-order valence-corrected chi connectivity index (χ4v) is 6.55. The van der Waals surface area contributed by atoms with Gasteiger partial charge in [0.25, 0.3) is 0 Å². The summed E-state index contributed by atoms with van der Waals surface area (Å²) in [5.74, 6) is -1.05. The maximum Gasteiger partial charge on any atom is 0.337 e. The Balaban J connectivity index is 1.47. The van der Waals surface area contributed by atoms with Gasteiger partial charge in [-0.25, -0.2) is 9.59 Å². The average molecular weight is 604 g/mol. The van der Waals surface area contributed by atoms with Crippen LogP contribution in [0.2, 0.25) is 18.1 Å². The molecule has 2 aliphatic rings. The van der Waals surface area contributed by atoms with Crippen LogP contribution in [0.25, 0.3) is 0 Å². The zero-order valence-corrected chi connectivity index (χ0v) is 25.6. The van der Waals surface area contributed by atoms with Crippen molar-refractivity contribution in [1.29, 1.82) is 0 Å². The molecule has 4 rings (SSSR count). The zero-order valence-electron chi connectivity index (χ0n) is 23.0. The fourth-order valence-electron chi connectivity index (χ4n) is 4.88. The molecule has 10 heteroatoms. The Hall–Kier alpha value is -2.27. The van der Waals surface area contributed by atoms with Crippen molar-refractivity contribution >= 4 is 36.2 Å². The molecule has 0 spiro atoms. The summed E-state index contributed by atoms with van der Waals surface area (Å²) in [6.45, 7) is 15.7. The second-order valence-electron chi connectivity index (χ2n) is 11.9. The Morgan fingerprint density at radius 3 is 2.50 bits per heavy atom. The van der Waals surface area contributed by atoms with Gasteiger partial charge in [0, 0.05) is 49.9 Å². The van der Waals surface area contributed by atoms with Crippen molar-refractivity contribution in [2.75, 3.05) is 32.7 Å². The van der Waals surface area contributed by atoms with Gasteiger partial charge in [-0.3, -0.25) is 9.88 Å². The van der Waals surface area contributed by atoms with E-state index in [9.17, 15) is 14.7 Å². The van der Waals surface area contributed by atoms with E-state index < -0.39 is 14.3 Å². The number of carboxylic acid groups (broad SMARTS) is 1. The summed E-state index contributed by atoms with van der Waals surface area (Å²) >= 11 is 3.28. The number of benzene rings is 1. The van der Waals surface area contributed by atoms with Crippen LogP contribution in [-0.4, -0.2) is 83.9 Å². The van der Waals surface area contributed by atoms with E-state index in [0.29, 0.717) is 29.8 Å². The Morgan fingerprint density at radius 2 is 1.82 bits per heavy atom. The summed E-state index contributed by atoms with van der Waals surface area (Å²) in [6.07, 6.45) is 2.48. The molecule has 3 heterocycles. The van der Waals surface area contributed by atoms with E-state index in [4.69, 9.17) is 4.43 Å². The number of carboxylic acids is 1. The largest absolute Gasteiger partial charge is 0.478 e. The second-order valence-corrected chi connectivity index (χ2v) is 17.5. The smallest absolute Gasteiger partial charge is 0.337 e. The molecule has 1 aromatic carbocycles. The van der Waals surface area contributed by atoms with Gasteiger partial charge in [0.2, 0.25) is 0 Å². The van der Waals surface area contributed by atoms with Crippen molar-refractivity contribution in [3.05, 3.63) is 63.4 Å². The lowest BCUT2D eigenvalue weighted by molar-refractivity contribution is 0.0693. The predicted molar refractivity (Wildman–Crippen MR) is 154 cm³/mol. The van der Waals surface area contributed by atoms with E-state index in [1.54, 1.807) is 11.1 Å². The average Bonchev–Trinajstić information content (AvgIpc) is 3.17. The van der Waals surface area contributed by atoms with Crippen LogP contribution in [0.1, 0.15) is 48.0 Å². The number of fused-ring (bicyclic) bond motifs is 1. The van der Waals surface area contributed by atoms with Gasteiger partial charge in [0.15, 0.2) is 8.32 Å². The summed E-state index contributed by atoms with van der Waals surface area (Å²) in [5.41, 5.74) is 3.27. The van der Waals surface area contributed by atoms with Crippen LogP contribution in [0.15, 0.2) is 41.0 Å². The number of halogens is 1. The molecule has 0 bridgehead atoms. The fraction of sp³-hybridized carbons (Fsp3) is 0.536. The number of amides is 2. The van der Waals surface area contributed by atoms with E-state index in [0.717, 1.165) is 26.1 Å². The number of aromatic nitrogens is 1. The van der Waals surface area contributed by atoms with Crippen LogP contribution in [-0.2, 0) is 23.9 Å². The Morgan fingerprint density at radius 1 is 1.13 bits per heavy atom. The van der Waals surface area contributed by atoms with Gasteiger partial charge in [-0.2, -0.15) is 0 Å². The lowest BCUT2D eigenvalue weighted by Gasteiger charge is -2.42. The molecule has 0 radical (unpaired) electrons. The number of carbonyl (C=O) groups excluding carboxylic acids is 1. The van der Waals surface area contributed by atoms with Crippen molar-refractivity contribution in [2.45, 2.75) is 64.5 Å². The molecule has 2 aromatic rings. The number of hydrogen-bond acceptors (Lipinski definition) is 5. The van der Waals surface area contributed by atoms with Crippen LogP contribution < -0.4 is 0 Å². The molecule has 8 nitrogen and oxygen atoms in total. The van der Waals surface area contributed by atoms with Crippen LogP contribution in [0, 0.1) is 0 Å². The predicted octanol–water partition coefficient (Wildman–Crippen LogP) is 5.23. The third-order valence-electron chi connectivity index (χ3n) is 8.05. The van der Waals surface area contributed by atoms with Crippen molar-refractivity contribution < 1.29 is 19.1 Å². The monoisotopic (exact) mass is 602 g/mol. The first kappa shape index (κ1) is 28.7. The first-order valence-corrected chi connectivity index (χ1v) is 16.9. The number of rotatable bonds is 9. The van der Waals surface area contributed by atoms with Gasteiger partial charge in [0.1, 0.15) is 0 Å². The lowest BCUT2D eigenvalue weighted by atomic mass is 10.00. The number of aromatic carboxylic acids is 1. The summed E-state index contributed by atoms with van der Waals surface area (Å²) < 4.78 is 7.51. The number of urea groups is 1. The third kappa shape index (κ3) is 6.65. The molecule has 1 aromatic heterocycles. The lowest BCUT2D eigenvalue weighted by Crippen LogP contribution is -2.51. The first-order valence-electron chi connectivity index (χ1n) is 13.2. The number of nitrogens with zero attached hydrogens (tertiary/aromatic N) is 4. The highest BCUT2D eigenvalue weighted by atomic mass is 79.9. The minimum absolute atomic E-state index is 0.0568. The molecule has 1 fully saturated rings. The molecule has 1 N–H and O–H groups in total. The Labute approximate surface area is 235 Å². The number of hydrogen-bond donors (Lipinski definition) is 1. The van der Waals surface area contributed by atoms with Crippen molar-refractivity contribution in [3.8, 4) is 0 Å². The quantitative estimate of drug-likeness (QED) is 0.396. The van der Waals surface area contributed by atoms with E-state index >= 15 is 0 Å². The van der Waals surface area contributed by atoms with E-state index in [1.807, 2.05) is 4.90 Å². The summed E-state index contributed by atoms with van der Waals surface area (Å²) in [6, 6.07) is 10.0. The van der Waals surface area contributed by atoms with E-state index in [2.05, 4.69) is 83.9 Å². The summed E-state index contributed by atoms with van der Waals surface area (Å²) in [4.78, 5) is 35.4. The highest BCUT2D eigenvalue weighted by Gasteiger charge is 2.41. The SMILES string of the molecule is CC(C)(C)[Si](C)(C)OC(CN1CCc2ccccc2C1)CN1CCN(Cc2ncc(Br)cc2C(=O)O)C1=O. The van der Waals surface area contributed by atoms with Gasteiger partial charge in [-0.1, -0.05) is 45.0 Å². The van der Waals surface area contributed by atoms with Crippen LogP contribution in [0.3, 0.4) is 0 Å². The third-order valence-corrected chi connectivity index (χ3v) is 13.0. The Kier molecular flexibility index (Phi) is 8.66. The molecule has 0 aliphatic carbocycles. The first-order chi connectivity index (χ1) is 17.8. The van der Waals surface area contributed by atoms with Crippen molar-refractivity contribution in [1.82, 2.24) is 19.7 Å². The highest BCUT2D eigenvalue weighted by molar-refractivity contribution is 9.10. The molecule has 0 saturated carbocycles. The molecular formula is C28H39BrN4O4Si. The minimum atomic E-state index is -2.08. The molecule has 1 atom stereocenters. The van der Waals surface area contributed by atoms with Gasteiger partial charge in [-0.05, 0) is 57.7 Å². The summed E-state index contributed by atoms with van der Waals surface area (Å²) in [5, 5.41) is 9.66. The summed E-state index contributed by atoms with van der Waals surface area (Å²) in [7, 11) is -2.08. The maximum atomic E-state index is 13.4. The molecule has 2 amide bonds. The molecule has 1 saturated heterocycles. The number of pyridine rings is 1. The highest BCUT2D eigenvalue weighted by Crippen LogP contribution is 2.37. The van der Waals surface area contributed by atoms with E-state index in [-0.39, 0.29) is 29.3 Å². The van der Waals surface area contributed by atoms with Gasteiger partial charge >= 0.3 is 12.0 Å². The van der Waals surface area contributed by atoms with Crippen LogP contribution >= 0.6 is 15.9 Å². The van der Waals surface area contributed by atoms with Crippen LogP contribution in [0.4, 0.5) is 4.79 Å². The molecule has 2 aliphatic heterocycles. The Bertz CT molecular complexity index is 1190. The molecule has 206 valence electrons. The van der Waals surface area contributed by atoms with Gasteiger partial charge in [0.05, 0.1) is 23.9 Å². The number of carbonyl (C=O) groups is 2.